The highest BCUT2D eigenvalue weighted by molar-refractivity contribution is 5.96. The first-order valence-electron chi connectivity index (χ1n) is 11.2. The Bertz CT molecular complexity index is 1290. The molecule has 0 unspecified atom stereocenters. The van der Waals surface area contributed by atoms with Gasteiger partial charge in [-0.05, 0) is 48.7 Å². The molecule has 2 aromatic carbocycles. The van der Waals surface area contributed by atoms with E-state index in [0.717, 1.165) is 6.42 Å². The molecule has 0 saturated heterocycles. The van der Waals surface area contributed by atoms with Crippen molar-refractivity contribution < 1.29 is 32.9 Å². The minimum atomic E-state index is -0.784. The predicted octanol–water partition coefficient (Wildman–Crippen LogP) is 4.27. The van der Waals surface area contributed by atoms with Crippen LogP contribution >= 0.6 is 0 Å². The zero-order valence-corrected chi connectivity index (χ0v) is 19.0. The van der Waals surface area contributed by atoms with Crippen LogP contribution in [0.2, 0.25) is 0 Å². The Kier molecular flexibility index (Phi) is 5.98. The first kappa shape index (κ1) is 22.6. The molecule has 1 aliphatic heterocycles. The summed E-state index contributed by atoms with van der Waals surface area (Å²) in [5, 5.41) is 2.71. The number of benzene rings is 2. The molecule has 1 N–H and O–H groups in total. The van der Waals surface area contributed by atoms with Crippen molar-refractivity contribution in [2.75, 3.05) is 13.9 Å². The van der Waals surface area contributed by atoms with Gasteiger partial charge in [0, 0.05) is 24.4 Å². The van der Waals surface area contributed by atoms with Gasteiger partial charge in [0.1, 0.15) is 17.1 Å². The predicted molar refractivity (Wildman–Crippen MR) is 122 cm³/mol. The molecule has 3 aromatic rings. The molecular formula is C26H23FN2O6. The average Bonchev–Trinajstić information content (AvgIpc) is 3.31. The van der Waals surface area contributed by atoms with Crippen molar-refractivity contribution in [3.05, 3.63) is 77.2 Å². The van der Waals surface area contributed by atoms with Gasteiger partial charge in [0.2, 0.25) is 12.7 Å². The maximum absolute atomic E-state index is 14.9. The molecule has 1 amide bonds. The number of ether oxygens (including phenoxy) is 4. The minimum Gasteiger partial charge on any atom is -0.468 e. The Morgan fingerprint density at radius 2 is 1.94 bits per heavy atom. The summed E-state index contributed by atoms with van der Waals surface area (Å²) in [4.78, 5) is 29.3. The van der Waals surface area contributed by atoms with Crippen LogP contribution in [-0.4, -0.2) is 30.8 Å². The number of carbonyl (C=O) groups is 2. The number of methoxy groups -OCH3 is 1. The van der Waals surface area contributed by atoms with E-state index in [1.165, 1.54) is 19.4 Å². The summed E-state index contributed by atoms with van der Waals surface area (Å²) in [6.07, 6.45) is 3.65. The highest BCUT2D eigenvalue weighted by Gasteiger charge is 2.47. The first-order valence-corrected chi connectivity index (χ1v) is 11.2. The summed E-state index contributed by atoms with van der Waals surface area (Å²) in [7, 11) is 1.34. The number of halogens is 1. The number of rotatable bonds is 7. The van der Waals surface area contributed by atoms with Gasteiger partial charge in [0.05, 0.1) is 12.5 Å². The zero-order valence-electron chi connectivity index (χ0n) is 19.0. The van der Waals surface area contributed by atoms with E-state index in [-0.39, 0.29) is 30.8 Å². The molecular weight excluding hydrogens is 455 g/mol. The van der Waals surface area contributed by atoms with Crippen LogP contribution in [0.25, 0.3) is 0 Å². The fourth-order valence-corrected chi connectivity index (χ4v) is 4.29. The lowest BCUT2D eigenvalue weighted by molar-refractivity contribution is -0.151. The summed E-state index contributed by atoms with van der Waals surface area (Å²) in [6.45, 7) is 0.0891. The Balaban J connectivity index is 1.28. The van der Waals surface area contributed by atoms with Gasteiger partial charge < -0.3 is 24.3 Å². The molecule has 35 heavy (non-hydrogen) atoms. The molecule has 1 aromatic heterocycles. The van der Waals surface area contributed by atoms with E-state index in [1.54, 1.807) is 42.5 Å². The number of hydrogen-bond donors (Lipinski definition) is 1. The molecule has 5 rings (SSSR count). The third kappa shape index (κ3) is 4.25. The second-order valence-corrected chi connectivity index (χ2v) is 8.39. The number of nitrogens with one attached hydrogen (secondary N) is 1. The normalized spacial score (nSPS) is 15.1. The van der Waals surface area contributed by atoms with E-state index in [1.807, 2.05) is 0 Å². The molecule has 0 spiro atoms. The third-order valence-corrected chi connectivity index (χ3v) is 6.40. The van der Waals surface area contributed by atoms with E-state index in [2.05, 4.69) is 10.3 Å². The highest BCUT2D eigenvalue weighted by Crippen LogP contribution is 2.45. The molecule has 2 aliphatic rings. The van der Waals surface area contributed by atoms with Crippen molar-refractivity contribution in [2.45, 2.75) is 31.2 Å². The summed E-state index contributed by atoms with van der Waals surface area (Å²) in [6, 6.07) is 12.9. The summed E-state index contributed by atoms with van der Waals surface area (Å²) >= 11 is 0. The van der Waals surface area contributed by atoms with Crippen LogP contribution in [0.1, 0.15) is 40.7 Å². The second kappa shape index (κ2) is 9.25. The fraction of sp³-hybridized carbons (Fsp3) is 0.269. The van der Waals surface area contributed by atoms with Crippen LogP contribution in [0.4, 0.5) is 4.39 Å². The second-order valence-electron chi connectivity index (χ2n) is 8.39. The van der Waals surface area contributed by atoms with Crippen molar-refractivity contribution in [3.8, 4) is 23.1 Å². The van der Waals surface area contributed by atoms with E-state index in [0.29, 0.717) is 41.2 Å². The van der Waals surface area contributed by atoms with Crippen LogP contribution in [0.15, 0.2) is 54.7 Å². The molecule has 1 fully saturated rings. The lowest BCUT2D eigenvalue weighted by atomic mass is 9.64. The van der Waals surface area contributed by atoms with Crippen LogP contribution in [0, 0.1) is 5.82 Å². The largest absolute Gasteiger partial charge is 0.468 e. The summed E-state index contributed by atoms with van der Waals surface area (Å²) in [5.41, 5.74) is 0.299. The molecule has 0 atom stereocenters. The van der Waals surface area contributed by atoms with Crippen LogP contribution in [0.5, 0.6) is 23.1 Å². The minimum absolute atomic E-state index is 0.0471. The highest BCUT2D eigenvalue weighted by atomic mass is 19.1. The number of hydrogen-bond acceptors (Lipinski definition) is 7. The Labute approximate surface area is 201 Å². The average molecular weight is 478 g/mol. The topological polar surface area (TPSA) is 96.0 Å². The Morgan fingerprint density at radius 3 is 2.69 bits per heavy atom. The van der Waals surface area contributed by atoms with Gasteiger partial charge in [-0.15, -0.1) is 0 Å². The molecule has 8 nitrogen and oxygen atoms in total. The fourth-order valence-electron chi connectivity index (χ4n) is 4.29. The lowest BCUT2D eigenvalue weighted by Crippen LogP contribution is -2.43. The van der Waals surface area contributed by atoms with Gasteiger partial charge in [-0.3, -0.25) is 9.59 Å². The number of fused-ring (bicyclic) bond motifs is 1. The number of pyridine rings is 1. The Morgan fingerprint density at radius 1 is 1.11 bits per heavy atom. The van der Waals surface area contributed by atoms with Gasteiger partial charge in [-0.2, -0.15) is 0 Å². The van der Waals surface area contributed by atoms with Crippen molar-refractivity contribution in [1.82, 2.24) is 10.3 Å². The molecule has 9 heteroatoms. The summed E-state index contributed by atoms with van der Waals surface area (Å²) in [5.74, 6) is 0.362. The maximum Gasteiger partial charge on any atom is 0.316 e. The van der Waals surface area contributed by atoms with Gasteiger partial charge in [0.15, 0.2) is 11.5 Å². The van der Waals surface area contributed by atoms with Crippen molar-refractivity contribution in [3.63, 3.8) is 0 Å². The zero-order chi connectivity index (χ0) is 24.4. The standard InChI is InChI=1S/C26H23FN2O6/c1-32-25(31)26(9-3-10-26)17-6-5-16(20(27)12-17)14-29-23(30)19-4-2-11-28-24(19)35-18-7-8-21-22(13-18)34-15-33-21/h2,4-8,11-13H,3,9-10,14-15H2,1H3,(H,29,30). The molecule has 0 radical (unpaired) electrons. The number of aromatic nitrogens is 1. The van der Waals surface area contributed by atoms with Crippen LogP contribution in [-0.2, 0) is 21.5 Å². The first-order chi connectivity index (χ1) is 17.0. The van der Waals surface area contributed by atoms with Gasteiger partial charge in [-0.25, -0.2) is 9.37 Å². The number of nitrogens with zero attached hydrogens (tertiary/aromatic N) is 1. The monoisotopic (exact) mass is 478 g/mol. The third-order valence-electron chi connectivity index (χ3n) is 6.40. The van der Waals surface area contributed by atoms with Gasteiger partial charge >= 0.3 is 5.97 Å². The van der Waals surface area contributed by atoms with E-state index in [4.69, 9.17) is 18.9 Å². The lowest BCUT2D eigenvalue weighted by Gasteiger charge is -2.39. The van der Waals surface area contributed by atoms with Crippen molar-refractivity contribution in [1.29, 1.82) is 0 Å². The molecule has 2 heterocycles. The summed E-state index contributed by atoms with van der Waals surface area (Å²) < 4.78 is 36.3. The number of carbonyl (C=O) groups excluding carboxylic acids is 2. The van der Waals surface area contributed by atoms with Crippen LogP contribution < -0.4 is 19.5 Å². The molecule has 0 bridgehead atoms. The molecule has 1 aliphatic carbocycles. The Hall–Kier alpha value is -4.14. The smallest absolute Gasteiger partial charge is 0.316 e. The van der Waals surface area contributed by atoms with Gasteiger partial charge in [0.25, 0.3) is 5.91 Å². The number of amides is 1. The van der Waals surface area contributed by atoms with Crippen molar-refractivity contribution in [2.24, 2.45) is 0 Å². The van der Waals surface area contributed by atoms with Crippen molar-refractivity contribution >= 4 is 11.9 Å². The molecule has 1 saturated carbocycles. The molecule has 180 valence electrons. The van der Waals surface area contributed by atoms with E-state index in [9.17, 15) is 14.0 Å². The van der Waals surface area contributed by atoms with E-state index >= 15 is 0 Å². The SMILES string of the molecule is COC(=O)C1(c2ccc(CNC(=O)c3cccnc3Oc3ccc4c(c3)OCO4)c(F)c2)CCC1. The quantitative estimate of drug-likeness (QED) is 0.507. The van der Waals surface area contributed by atoms with Crippen LogP contribution in [0.3, 0.4) is 0 Å². The maximum atomic E-state index is 14.9. The van der Waals surface area contributed by atoms with E-state index < -0.39 is 17.1 Å². The van der Waals surface area contributed by atoms with Gasteiger partial charge in [-0.1, -0.05) is 18.6 Å². The number of esters is 1.